The zero-order chi connectivity index (χ0) is 12.7. The monoisotopic (exact) mass is 243 g/mol. The molecule has 0 N–H and O–H groups in total. The van der Waals surface area contributed by atoms with E-state index in [1.807, 2.05) is 18.2 Å². The maximum absolute atomic E-state index is 12.3. The Morgan fingerprint density at radius 3 is 3.00 bits per heavy atom. The molecule has 0 radical (unpaired) electrons. The highest BCUT2D eigenvalue weighted by Crippen LogP contribution is 2.24. The zero-order valence-electron chi connectivity index (χ0n) is 10.1. The Morgan fingerprint density at radius 2 is 2.22 bits per heavy atom. The van der Waals surface area contributed by atoms with Gasteiger partial charge in [-0.2, -0.15) is 0 Å². The molecule has 18 heavy (non-hydrogen) atoms. The summed E-state index contributed by atoms with van der Waals surface area (Å²) in [6.07, 6.45) is 1.91. The number of pyridine rings is 1. The second-order valence-corrected chi connectivity index (χ2v) is 4.46. The average molecular weight is 243 g/mol. The van der Waals surface area contributed by atoms with Crippen molar-refractivity contribution in [2.45, 2.75) is 19.4 Å². The summed E-state index contributed by atoms with van der Waals surface area (Å²) in [4.78, 5) is 23.9. The average Bonchev–Trinajstić information content (AvgIpc) is 2.42. The molecular weight excluding hydrogens is 230 g/mol. The molecule has 1 aromatic heterocycles. The van der Waals surface area contributed by atoms with Gasteiger partial charge in [0.1, 0.15) is 5.56 Å². The number of nitrogens with zero attached hydrogens (tertiary/aromatic N) is 1. The van der Waals surface area contributed by atoms with Crippen LogP contribution in [0.2, 0.25) is 0 Å². The van der Waals surface area contributed by atoms with E-state index in [-0.39, 0.29) is 11.1 Å². The number of hydrogen-bond acceptors (Lipinski definition) is 3. The van der Waals surface area contributed by atoms with E-state index >= 15 is 0 Å². The van der Waals surface area contributed by atoms with Gasteiger partial charge in [0.2, 0.25) is 0 Å². The Morgan fingerprint density at radius 1 is 1.39 bits per heavy atom. The molecule has 0 unspecified atom stereocenters. The fourth-order valence-corrected chi connectivity index (χ4v) is 2.62. The molecule has 4 heteroatoms. The summed E-state index contributed by atoms with van der Waals surface area (Å²) in [5.74, 6) is -0.568. The molecule has 1 aliphatic rings. The lowest BCUT2D eigenvalue weighted by Crippen LogP contribution is -2.29. The first-order chi connectivity index (χ1) is 8.72. The number of carbonyl (C=O) groups is 1. The number of rotatable bonds is 1. The second kappa shape index (κ2) is 3.98. The van der Waals surface area contributed by atoms with Crippen LogP contribution in [0, 0.1) is 0 Å². The molecule has 1 aromatic carbocycles. The molecule has 0 spiro atoms. The van der Waals surface area contributed by atoms with Crippen LogP contribution in [0.3, 0.4) is 0 Å². The van der Waals surface area contributed by atoms with Gasteiger partial charge in [-0.15, -0.1) is 0 Å². The van der Waals surface area contributed by atoms with Gasteiger partial charge in [-0.1, -0.05) is 18.2 Å². The molecule has 0 bridgehead atoms. The molecule has 0 atom stereocenters. The van der Waals surface area contributed by atoms with Gasteiger partial charge >= 0.3 is 5.97 Å². The molecule has 2 aromatic rings. The minimum absolute atomic E-state index is 0.115. The van der Waals surface area contributed by atoms with Crippen molar-refractivity contribution in [1.29, 1.82) is 0 Å². The minimum Gasteiger partial charge on any atom is -0.465 e. The first-order valence-corrected chi connectivity index (χ1v) is 5.96. The highest BCUT2D eigenvalue weighted by molar-refractivity contribution is 5.94. The number of aromatic nitrogens is 1. The third-order valence-corrected chi connectivity index (χ3v) is 3.43. The fourth-order valence-electron chi connectivity index (χ4n) is 2.62. The summed E-state index contributed by atoms with van der Waals surface area (Å²) in [5, 5.41) is 0.923. The van der Waals surface area contributed by atoms with Crippen LogP contribution in [0.15, 0.2) is 29.1 Å². The standard InChI is InChI=1S/C14H13NO3/c1-18-14(17)11-8-10-5-2-4-9-6-3-7-15(12(9)10)13(11)16/h2,4-5,8H,3,6-7H2,1H3. The fraction of sp³-hybridized carbons (Fsp3) is 0.286. The van der Waals surface area contributed by atoms with Gasteiger partial charge in [-0.3, -0.25) is 4.79 Å². The SMILES string of the molecule is COC(=O)c1cc2cccc3c2n(c1=O)CCC3. The first kappa shape index (κ1) is 11.0. The molecule has 1 aliphatic heterocycles. The van der Waals surface area contributed by atoms with Gasteiger partial charge in [-0.25, -0.2) is 4.79 Å². The van der Waals surface area contributed by atoms with E-state index in [4.69, 9.17) is 0 Å². The van der Waals surface area contributed by atoms with Crippen molar-refractivity contribution in [1.82, 2.24) is 4.57 Å². The summed E-state index contributed by atoms with van der Waals surface area (Å²) in [6, 6.07) is 7.55. The lowest BCUT2D eigenvalue weighted by Gasteiger charge is -2.19. The van der Waals surface area contributed by atoms with E-state index in [1.165, 1.54) is 12.7 Å². The van der Waals surface area contributed by atoms with Gasteiger partial charge in [0.05, 0.1) is 12.6 Å². The van der Waals surface area contributed by atoms with E-state index in [9.17, 15) is 9.59 Å². The maximum atomic E-state index is 12.3. The van der Waals surface area contributed by atoms with Crippen molar-refractivity contribution in [3.63, 3.8) is 0 Å². The van der Waals surface area contributed by atoms with Crippen LogP contribution in [0.5, 0.6) is 0 Å². The van der Waals surface area contributed by atoms with Gasteiger partial charge in [0.15, 0.2) is 0 Å². The number of aryl methyl sites for hydroxylation is 2. The van der Waals surface area contributed by atoms with Gasteiger partial charge in [0, 0.05) is 6.54 Å². The predicted octanol–water partition coefficient (Wildman–Crippen LogP) is 1.73. The van der Waals surface area contributed by atoms with E-state index in [1.54, 1.807) is 10.6 Å². The largest absolute Gasteiger partial charge is 0.465 e. The van der Waals surface area contributed by atoms with E-state index in [0.29, 0.717) is 6.54 Å². The molecule has 0 amide bonds. The molecule has 4 nitrogen and oxygen atoms in total. The summed E-state index contributed by atoms with van der Waals surface area (Å²) < 4.78 is 6.36. The molecule has 2 heterocycles. The van der Waals surface area contributed by atoms with Crippen molar-refractivity contribution in [2.75, 3.05) is 7.11 Å². The normalized spacial score (nSPS) is 13.6. The number of hydrogen-bond donors (Lipinski definition) is 0. The molecule has 0 saturated carbocycles. The van der Waals surface area contributed by atoms with Crippen LogP contribution in [0.4, 0.5) is 0 Å². The van der Waals surface area contributed by atoms with Crippen LogP contribution in [0.1, 0.15) is 22.3 Å². The number of methoxy groups -OCH3 is 1. The number of carbonyl (C=O) groups excluding carboxylic acids is 1. The molecule has 92 valence electrons. The van der Waals surface area contributed by atoms with Crippen LogP contribution in [-0.4, -0.2) is 17.6 Å². The van der Waals surface area contributed by atoms with Gasteiger partial charge in [-0.05, 0) is 29.9 Å². The Kier molecular flexibility index (Phi) is 2.44. The lowest BCUT2D eigenvalue weighted by atomic mass is 10.00. The molecular formula is C14H13NO3. The predicted molar refractivity (Wildman–Crippen MR) is 67.9 cm³/mol. The van der Waals surface area contributed by atoms with Crippen molar-refractivity contribution >= 4 is 16.9 Å². The lowest BCUT2D eigenvalue weighted by molar-refractivity contribution is 0.0598. The summed E-state index contributed by atoms with van der Waals surface area (Å²) >= 11 is 0. The highest BCUT2D eigenvalue weighted by atomic mass is 16.5. The van der Waals surface area contributed by atoms with Crippen molar-refractivity contribution in [3.05, 3.63) is 45.7 Å². The van der Waals surface area contributed by atoms with Crippen LogP contribution in [-0.2, 0) is 17.7 Å². The Labute approximate surface area is 104 Å². The number of ether oxygens (including phenoxy) is 1. The maximum Gasteiger partial charge on any atom is 0.343 e. The second-order valence-electron chi connectivity index (χ2n) is 4.46. The van der Waals surface area contributed by atoms with Gasteiger partial charge < -0.3 is 9.30 Å². The zero-order valence-corrected chi connectivity index (χ0v) is 10.1. The number of para-hydroxylation sites is 1. The Hall–Kier alpha value is -2.10. The highest BCUT2D eigenvalue weighted by Gasteiger charge is 2.19. The molecule has 0 fully saturated rings. The van der Waals surface area contributed by atoms with Crippen molar-refractivity contribution in [2.24, 2.45) is 0 Å². The van der Waals surface area contributed by atoms with E-state index in [2.05, 4.69) is 4.74 Å². The number of benzene rings is 1. The molecule has 3 rings (SSSR count). The molecule has 0 saturated heterocycles. The minimum atomic E-state index is -0.568. The van der Waals surface area contributed by atoms with Crippen molar-refractivity contribution in [3.8, 4) is 0 Å². The van der Waals surface area contributed by atoms with E-state index < -0.39 is 5.97 Å². The van der Waals surface area contributed by atoms with E-state index in [0.717, 1.165) is 23.7 Å². The Balaban J connectivity index is 2.42. The Bertz CT molecular complexity index is 700. The third kappa shape index (κ3) is 1.45. The quantitative estimate of drug-likeness (QED) is 0.717. The topological polar surface area (TPSA) is 48.3 Å². The van der Waals surface area contributed by atoms with Crippen molar-refractivity contribution < 1.29 is 9.53 Å². The summed E-state index contributed by atoms with van der Waals surface area (Å²) in [7, 11) is 1.29. The first-order valence-electron chi connectivity index (χ1n) is 5.96. The number of esters is 1. The summed E-state index contributed by atoms with van der Waals surface area (Å²) in [5.41, 5.74) is 2.00. The van der Waals surface area contributed by atoms with Crippen LogP contribution < -0.4 is 5.56 Å². The van der Waals surface area contributed by atoms with Crippen LogP contribution >= 0.6 is 0 Å². The van der Waals surface area contributed by atoms with Crippen LogP contribution in [0.25, 0.3) is 10.9 Å². The third-order valence-electron chi connectivity index (χ3n) is 3.43. The smallest absolute Gasteiger partial charge is 0.343 e. The molecule has 0 aliphatic carbocycles. The van der Waals surface area contributed by atoms with Gasteiger partial charge in [0.25, 0.3) is 5.56 Å². The summed E-state index contributed by atoms with van der Waals surface area (Å²) in [6.45, 7) is 0.664.